The number of aliphatic imine (C=N–C) groups is 1. The first-order valence-electron chi connectivity index (χ1n) is 8.04. The van der Waals surface area contributed by atoms with Gasteiger partial charge in [0, 0.05) is 43.0 Å². The van der Waals surface area contributed by atoms with E-state index in [1.807, 2.05) is 42.8 Å². The van der Waals surface area contributed by atoms with E-state index in [4.69, 9.17) is 0 Å². The summed E-state index contributed by atoms with van der Waals surface area (Å²) in [6.45, 7) is 1.86. The lowest BCUT2D eigenvalue weighted by Gasteiger charge is -2.19. The van der Waals surface area contributed by atoms with Crippen molar-refractivity contribution in [3.63, 3.8) is 0 Å². The molecule has 1 aromatic heterocycles. The van der Waals surface area contributed by atoms with Crippen LogP contribution < -0.4 is 10.6 Å². The molecule has 0 saturated heterocycles. The molecule has 0 saturated carbocycles. The van der Waals surface area contributed by atoms with Crippen molar-refractivity contribution in [2.75, 3.05) is 20.6 Å². The highest BCUT2D eigenvalue weighted by Crippen LogP contribution is 2.17. The van der Waals surface area contributed by atoms with E-state index >= 15 is 0 Å². The van der Waals surface area contributed by atoms with Gasteiger partial charge < -0.3 is 15.5 Å². The SMILES string of the molecule is CN=C(NCCC(=O)N(C)Cc1ccccc1Br)NCc1cccs1. The van der Waals surface area contributed by atoms with Gasteiger partial charge in [-0.2, -0.15) is 0 Å². The third-order valence-electron chi connectivity index (χ3n) is 3.66. The van der Waals surface area contributed by atoms with Crippen molar-refractivity contribution in [2.24, 2.45) is 4.99 Å². The molecule has 1 aromatic carbocycles. The van der Waals surface area contributed by atoms with E-state index in [0.717, 1.165) is 16.6 Å². The number of carbonyl (C=O) groups is 1. The Hall–Kier alpha value is -1.86. The summed E-state index contributed by atoms with van der Waals surface area (Å²) in [7, 11) is 3.55. The van der Waals surface area contributed by atoms with Gasteiger partial charge in [-0.15, -0.1) is 11.3 Å². The van der Waals surface area contributed by atoms with Crippen LogP contribution in [0, 0.1) is 0 Å². The zero-order chi connectivity index (χ0) is 18.1. The molecule has 2 rings (SSSR count). The average molecular weight is 423 g/mol. The summed E-state index contributed by atoms with van der Waals surface area (Å²) < 4.78 is 1.02. The molecular weight excluding hydrogens is 400 g/mol. The number of guanidine groups is 1. The van der Waals surface area contributed by atoms with Gasteiger partial charge in [0.15, 0.2) is 5.96 Å². The topological polar surface area (TPSA) is 56.7 Å². The van der Waals surface area contributed by atoms with Crippen LogP contribution in [0.5, 0.6) is 0 Å². The third-order valence-corrected chi connectivity index (χ3v) is 5.31. The second-order valence-electron chi connectivity index (χ2n) is 5.52. The lowest BCUT2D eigenvalue weighted by atomic mass is 10.2. The van der Waals surface area contributed by atoms with Crippen LogP contribution >= 0.6 is 27.3 Å². The molecule has 25 heavy (non-hydrogen) atoms. The number of thiophene rings is 1. The van der Waals surface area contributed by atoms with Gasteiger partial charge in [0.05, 0.1) is 6.54 Å². The van der Waals surface area contributed by atoms with Crippen molar-refractivity contribution in [1.29, 1.82) is 0 Å². The van der Waals surface area contributed by atoms with Crippen molar-refractivity contribution in [3.8, 4) is 0 Å². The maximum Gasteiger partial charge on any atom is 0.224 e. The van der Waals surface area contributed by atoms with Crippen molar-refractivity contribution in [1.82, 2.24) is 15.5 Å². The largest absolute Gasteiger partial charge is 0.356 e. The predicted molar refractivity (Wildman–Crippen MR) is 108 cm³/mol. The van der Waals surface area contributed by atoms with Gasteiger partial charge >= 0.3 is 0 Å². The van der Waals surface area contributed by atoms with E-state index in [0.29, 0.717) is 25.5 Å². The molecule has 0 atom stereocenters. The molecule has 1 amide bonds. The van der Waals surface area contributed by atoms with Gasteiger partial charge in [0.1, 0.15) is 0 Å². The van der Waals surface area contributed by atoms with E-state index in [1.165, 1.54) is 4.88 Å². The normalized spacial score (nSPS) is 11.2. The van der Waals surface area contributed by atoms with Gasteiger partial charge in [0.25, 0.3) is 0 Å². The van der Waals surface area contributed by atoms with Crippen molar-refractivity contribution in [2.45, 2.75) is 19.5 Å². The van der Waals surface area contributed by atoms with Crippen LogP contribution in [0.4, 0.5) is 0 Å². The Morgan fingerprint density at radius 3 is 2.72 bits per heavy atom. The molecule has 0 bridgehead atoms. The lowest BCUT2D eigenvalue weighted by Crippen LogP contribution is -2.39. The number of amides is 1. The lowest BCUT2D eigenvalue weighted by molar-refractivity contribution is -0.130. The Morgan fingerprint density at radius 2 is 2.04 bits per heavy atom. The fraction of sp³-hybridized carbons (Fsp3) is 0.333. The molecule has 0 aliphatic rings. The van der Waals surface area contributed by atoms with Gasteiger partial charge in [-0.3, -0.25) is 9.79 Å². The second kappa shape index (κ2) is 10.2. The highest BCUT2D eigenvalue weighted by molar-refractivity contribution is 9.10. The van der Waals surface area contributed by atoms with E-state index in [1.54, 1.807) is 23.3 Å². The van der Waals surface area contributed by atoms with Gasteiger partial charge in [-0.25, -0.2) is 0 Å². The molecular formula is C18H23BrN4OS. The first kappa shape index (κ1) is 19.5. The van der Waals surface area contributed by atoms with Crippen LogP contribution in [0.1, 0.15) is 16.9 Å². The second-order valence-corrected chi connectivity index (χ2v) is 7.41. The first-order valence-corrected chi connectivity index (χ1v) is 9.71. The number of hydrogen-bond acceptors (Lipinski definition) is 3. The molecule has 5 nitrogen and oxygen atoms in total. The van der Waals surface area contributed by atoms with Crippen LogP contribution in [0.3, 0.4) is 0 Å². The molecule has 0 fully saturated rings. The minimum Gasteiger partial charge on any atom is -0.356 e. The van der Waals surface area contributed by atoms with Crippen LogP contribution in [0.2, 0.25) is 0 Å². The van der Waals surface area contributed by atoms with E-state index < -0.39 is 0 Å². The summed E-state index contributed by atoms with van der Waals surface area (Å²) in [6, 6.07) is 12.0. The van der Waals surface area contributed by atoms with Crippen molar-refractivity contribution >= 4 is 39.1 Å². The van der Waals surface area contributed by atoms with Gasteiger partial charge in [0.2, 0.25) is 5.91 Å². The minimum absolute atomic E-state index is 0.0944. The zero-order valence-corrected chi connectivity index (χ0v) is 16.9. The summed E-state index contributed by atoms with van der Waals surface area (Å²) in [6.07, 6.45) is 0.417. The Balaban J connectivity index is 1.72. The van der Waals surface area contributed by atoms with Crippen molar-refractivity contribution < 1.29 is 4.79 Å². The average Bonchev–Trinajstić information content (AvgIpc) is 3.13. The van der Waals surface area contributed by atoms with Crippen LogP contribution in [0.15, 0.2) is 51.2 Å². The Morgan fingerprint density at radius 1 is 1.24 bits per heavy atom. The maximum atomic E-state index is 12.3. The number of hydrogen-bond donors (Lipinski definition) is 2. The highest BCUT2D eigenvalue weighted by atomic mass is 79.9. The number of carbonyl (C=O) groups excluding carboxylic acids is 1. The number of nitrogens with one attached hydrogen (secondary N) is 2. The summed E-state index contributed by atoms with van der Waals surface area (Å²) in [5.74, 6) is 0.798. The molecule has 7 heteroatoms. The van der Waals surface area contributed by atoms with Gasteiger partial charge in [-0.05, 0) is 23.1 Å². The molecule has 2 N–H and O–H groups in total. The third kappa shape index (κ3) is 6.51. The fourth-order valence-electron chi connectivity index (χ4n) is 2.25. The van der Waals surface area contributed by atoms with Crippen LogP contribution in [0.25, 0.3) is 0 Å². The van der Waals surface area contributed by atoms with Gasteiger partial charge in [-0.1, -0.05) is 40.2 Å². The molecule has 134 valence electrons. The smallest absolute Gasteiger partial charge is 0.224 e. The number of benzene rings is 1. The quantitative estimate of drug-likeness (QED) is 0.531. The number of rotatable bonds is 7. The van der Waals surface area contributed by atoms with Crippen LogP contribution in [-0.2, 0) is 17.9 Å². The summed E-state index contributed by atoms with van der Waals surface area (Å²) >= 11 is 5.22. The molecule has 0 unspecified atom stereocenters. The molecule has 2 aromatic rings. The minimum atomic E-state index is 0.0944. The monoisotopic (exact) mass is 422 g/mol. The Labute approximate surface area is 161 Å². The van der Waals surface area contributed by atoms with Crippen LogP contribution in [-0.4, -0.2) is 37.4 Å². The van der Waals surface area contributed by atoms with E-state index in [2.05, 4.69) is 37.6 Å². The van der Waals surface area contributed by atoms with E-state index in [9.17, 15) is 4.79 Å². The summed E-state index contributed by atoms with van der Waals surface area (Å²) in [5, 5.41) is 8.47. The molecule has 0 aliphatic heterocycles. The summed E-state index contributed by atoms with van der Waals surface area (Å²) in [4.78, 5) is 19.4. The molecule has 1 heterocycles. The van der Waals surface area contributed by atoms with E-state index in [-0.39, 0.29) is 5.91 Å². The zero-order valence-electron chi connectivity index (χ0n) is 14.5. The Bertz CT molecular complexity index is 703. The maximum absolute atomic E-state index is 12.3. The number of halogens is 1. The number of nitrogens with zero attached hydrogens (tertiary/aromatic N) is 2. The standard InChI is InChI=1S/C18H23BrN4OS/c1-20-18(22-12-15-7-5-11-25-15)21-10-9-17(24)23(2)13-14-6-3-4-8-16(14)19/h3-8,11H,9-10,12-13H2,1-2H3,(H2,20,21,22). The van der Waals surface area contributed by atoms with Crippen molar-refractivity contribution in [3.05, 3.63) is 56.7 Å². The fourth-order valence-corrected chi connectivity index (χ4v) is 3.31. The molecule has 0 aliphatic carbocycles. The summed E-state index contributed by atoms with van der Waals surface area (Å²) in [5.41, 5.74) is 1.10. The predicted octanol–water partition coefficient (Wildman–Crippen LogP) is 3.22. The highest BCUT2D eigenvalue weighted by Gasteiger charge is 2.11. The Kier molecular flexibility index (Phi) is 7.94. The molecule has 0 radical (unpaired) electrons. The first-order chi connectivity index (χ1) is 12.1. The molecule has 0 spiro atoms.